The zero-order chi connectivity index (χ0) is 24.2. The van der Waals surface area contributed by atoms with Crippen LogP contribution in [0.15, 0.2) is 55.0 Å². The highest BCUT2D eigenvalue weighted by molar-refractivity contribution is 6.02. The molecule has 9 nitrogen and oxygen atoms in total. The molecule has 3 heterocycles. The maximum absolute atomic E-state index is 13.9. The van der Waals surface area contributed by atoms with Gasteiger partial charge < -0.3 is 20.4 Å². The molecule has 0 saturated carbocycles. The topological polar surface area (TPSA) is 129 Å². The summed E-state index contributed by atoms with van der Waals surface area (Å²) in [4.78, 5) is 41.8. The SMILES string of the molecule is Cc1ccccc1-c1ncccc1C(=O)N1Cc2nccnc2CC1C(=O)N[C@H](CO)[C@@H](C)O. The van der Waals surface area contributed by atoms with Crippen LogP contribution in [0.2, 0.25) is 0 Å². The monoisotopic (exact) mass is 461 g/mol. The second-order valence-electron chi connectivity index (χ2n) is 8.36. The zero-order valence-electron chi connectivity index (χ0n) is 19.0. The van der Waals surface area contributed by atoms with Gasteiger partial charge in [-0.25, -0.2) is 0 Å². The van der Waals surface area contributed by atoms with Gasteiger partial charge in [0.15, 0.2) is 0 Å². The standard InChI is InChI=1S/C25H27N5O4/c1-15-6-3-4-7-17(15)23-18(8-5-9-28-23)25(34)30-13-20-19(26-10-11-27-20)12-22(30)24(33)29-21(14-31)16(2)32/h3-11,16,21-22,31-32H,12-14H2,1-2H3,(H,29,33)/t16-,21-,22?/m1/s1. The van der Waals surface area contributed by atoms with Gasteiger partial charge in [0.05, 0.1) is 47.9 Å². The van der Waals surface area contributed by atoms with Crippen molar-refractivity contribution in [3.8, 4) is 11.3 Å². The van der Waals surface area contributed by atoms with E-state index in [1.165, 1.54) is 11.8 Å². The first-order valence-corrected chi connectivity index (χ1v) is 11.1. The van der Waals surface area contributed by atoms with Gasteiger partial charge in [0, 0.05) is 30.6 Å². The summed E-state index contributed by atoms with van der Waals surface area (Å²) in [5, 5.41) is 22.1. The summed E-state index contributed by atoms with van der Waals surface area (Å²) < 4.78 is 0. The minimum atomic E-state index is -0.959. The number of nitrogens with one attached hydrogen (secondary N) is 1. The fourth-order valence-electron chi connectivity index (χ4n) is 4.09. The van der Waals surface area contributed by atoms with Gasteiger partial charge in [-0.1, -0.05) is 24.3 Å². The molecule has 3 atom stereocenters. The van der Waals surface area contributed by atoms with E-state index < -0.39 is 30.7 Å². The maximum atomic E-state index is 13.9. The Morgan fingerprint density at radius 1 is 1.09 bits per heavy atom. The Bertz CT molecular complexity index is 1200. The van der Waals surface area contributed by atoms with Crippen molar-refractivity contribution in [1.82, 2.24) is 25.2 Å². The first-order chi connectivity index (χ1) is 16.4. The lowest BCUT2D eigenvalue weighted by Gasteiger charge is -2.36. The van der Waals surface area contributed by atoms with E-state index in [0.717, 1.165) is 11.1 Å². The molecule has 1 unspecified atom stereocenters. The second-order valence-corrected chi connectivity index (χ2v) is 8.36. The molecule has 0 fully saturated rings. The molecular formula is C25H27N5O4. The lowest BCUT2D eigenvalue weighted by molar-refractivity contribution is -0.128. The van der Waals surface area contributed by atoms with Crippen LogP contribution in [0.25, 0.3) is 11.3 Å². The number of aliphatic hydroxyl groups is 2. The Morgan fingerprint density at radius 3 is 2.53 bits per heavy atom. The number of hydrogen-bond acceptors (Lipinski definition) is 7. The summed E-state index contributed by atoms with van der Waals surface area (Å²) >= 11 is 0. The van der Waals surface area contributed by atoms with Crippen LogP contribution >= 0.6 is 0 Å². The van der Waals surface area contributed by atoms with Crippen LogP contribution in [0.4, 0.5) is 0 Å². The van der Waals surface area contributed by atoms with E-state index in [-0.39, 0.29) is 18.9 Å². The first-order valence-electron chi connectivity index (χ1n) is 11.1. The number of amides is 2. The number of pyridine rings is 1. The molecule has 3 N–H and O–H groups in total. The van der Waals surface area contributed by atoms with E-state index in [0.29, 0.717) is 22.6 Å². The number of nitrogens with zero attached hydrogens (tertiary/aromatic N) is 4. The molecule has 4 rings (SSSR count). The Morgan fingerprint density at radius 2 is 1.82 bits per heavy atom. The number of carbonyl (C=O) groups is 2. The van der Waals surface area contributed by atoms with Crippen molar-refractivity contribution in [2.45, 2.75) is 45.0 Å². The molecule has 34 heavy (non-hydrogen) atoms. The van der Waals surface area contributed by atoms with Crippen LogP contribution in [-0.4, -0.2) is 66.7 Å². The zero-order valence-corrected chi connectivity index (χ0v) is 19.0. The summed E-state index contributed by atoms with van der Waals surface area (Å²) in [6.45, 7) is 3.10. The number of rotatable bonds is 6. The summed E-state index contributed by atoms with van der Waals surface area (Å²) in [5.74, 6) is -0.841. The van der Waals surface area contributed by atoms with Crippen molar-refractivity contribution in [2.24, 2.45) is 0 Å². The third-order valence-electron chi connectivity index (χ3n) is 6.05. The summed E-state index contributed by atoms with van der Waals surface area (Å²) in [6, 6.07) is 9.31. The van der Waals surface area contributed by atoms with Crippen LogP contribution in [0.1, 0.15) is 34.2 Å². The van der Waals surface area contributed by atoms with E-state index in [1.807, 2.05) is 31.2 Å². The quantitative estimate of drug-likeness (QED) is 0.504. The molecule has 0 aliphatic carbocycles. The molecule has 3 aromatic rings. The summed E-state index contributed by atoms with van der Waals surface area (Å²) in [6.07, 6.45) is 3.95. The molecule has 176 valence electrons. The normalized spacial score (nSPS) is 16.9. The average Bonchev–Trinajstić information content (AvgIpc) is 2.86. The van der Waals surface area contributed by atoms with Crippen molar-refractivity contribution in [2.75, 3.05) is 6.61 Å². The first kappa shape index (κ1) is 23.5. The van der Waals surface area contributed by atoms with Crippen molar-refractivity contribution in [1.29, 1.82) is 0 Å². The Hall–Kier alpha value is -3.69. The van der Waals surface area contributed by atoms with Crippen molar-refractivity contribution in [3.05, 3.63) is 77.5 Å². The van der Waals surface area contributed by atoms with E-state index >= 15 is 0 Å². The molecular weight excluding hydrogens is 434 g/mol. The Kier molecular flexibility index (Phi) is 6.95. The second kappa shape index (κ2) is 10.1. The maximum Gasteiger partial charge on any atom is 0.257 e. The van der Waals surface area contributed by atoms with Gasteiger partial charge in [0.1, 0.15) is 6.04 Å². The molecule has 0 saturated heterocycles. The number of aliphatic hydroxyl groups excluding tert-OH is 2. The molecule has 0 spiro atoms. The van der Waals surface area contributed by atoms with Gasteiger partial charge in [-0.2, -0.15) is 0 Å². The lowest BCUT2D eigenvalue weighted by Crippen LogP contribution is -2.56. The highest BCUT2D eigenvalue weighted by Crippen LogP contribution is 2.28. The van der Waals surface area contributed by atoms with Crippen LogP contribution in [-0.2, 0) is 17.8 Å². The van der Waals surface area contributed by atoms with Gasteiger partial charge in [-0.05, 0) is 31.5 Å². The van der Waals surface area contributed by atoms with Crippen LogP contribution in [0.3, 0.4) is 0 Å². The molecule has 0 radical (unpaired) electrons. The molecule has 1 aliphatic rings. The van der Waals surface area contributed by atoms with E-state index in [9.17, 15) is 19.8 Å². The third kappa shape index (κ3) is 4.66. The molecule has 1 aliphatic heterocycles. The van der Waals surface area contributed by atoms with Crippen LogP contribution in [0, 0.1) is 6.92 Å². The van der Waals surface area contributed by atoms with E-state index in [4.69, 9.17) is 0 Å². The van der Waals surface area contributed by atoms with Gasteiger partial charge in [-0.3, -0.25) is 24.5 Å². The van der Waals surface area contributed by atoms with Gasteiger partial charge in [-0.15, -0.1) is 0 Å². The van der Waals surface area contributed by atoms with Crippen molar-refractivity contribution in [3.63, 3.8) is 0 Å². The number of benzene rings is 1. The number of aryl methyl sites for hydroxylation is 1. The van der Waals surface area contributed by atoms with Gasteiger partial charge in [0.2, 0.25) is 5.91 Å². The van der Waals surface area contributed by atoms with Gasteiger partial charge in [0.25, 0.3) is 5.91 Å². The highest BCUT2D eigenvalue weighted by atomic mass is 16.3. The summed E-state index contributed by atoms with van der Waals surface area (Å²) in [7, 11) is 0. The molecule has 9 heteroatoms. The highest BCUT2D eigenvalue weighted by Gasteiger charge is 2.38. The van der Waals surface area contributed by atoms with Crippen molar-refractivity contribution < 1.29 is 19.8 Å². The average molecular weight is 462 g/mol. The molecule has 2 aromatic heterocycles. The fraction of sp³-hybridized carbons (Fsp3) is 0.320. The fourth-order valence-corrected chi connectivity index (χ4v) is 4.09. The number of aromatic nitrogens is 3. The minimum absolute atomic E-state index is 0.0979. The number of hydrogen-bond donors (Lipinski definition) is 3. The van der Waals surface area contributed by atoms with E-state index in [1.54, 1.807) is 30.7 Å². The molecule has 0 bridgehead atoms. The third-order valence-corrected chi connectivity index (χ3v) is 6.05. The predicted octanol–water partition coefficient (Wildman–Crippen LogP) is 1.27. The Labute approximate surface area is 197 Å². The molecule has 2 amide bonds. The van der Waals surface area contributed by atoms with Crippen molar-refractivity contribution >= 4 is 11.8 Å². The van der Waals surface area contributed by atoms with Crippen LogP contribution in [0.5, 0.6) is 0 Å². The Balaban J connectivity index is 1.73. The largest absolute Gasteiger partial charge is 0.394 e. The van der Waals surface area contributed by atoms with Crippen LogP contribution < -0.4 is 5.32 Å². The number of fused-ring (bicyclic) bond motifs is 1. The number of carbonyl (C=O) groups excluding carboxylic acids is 2. The van der Waals surface area contributed by atoms with Gasteiger partial charge >= 0.3 is 0 Å². The predicted molar refractivity (Wildman–Crippen MR) is 125 cm³/mol. The lowest BCUT2D eigenvalue weighted by atomic mass is 9.96. The van der Waals surface area contributed by atoms with E-state index in [2.05, 4.69) is 20.3 Å². The summed E-state index contributed by atoms with van der Waals surface area (Å²) in [5.41, 5.74) is 3.97. The smallest absolute Gasteiger partial charge is 0.257 e. The minimum Gasteiger partial charge on any atom is -0.394 e. The molecule has 1 aromatic carbocycles.